The number of amides is 1. The van der Waals surface area contributed by atoms with Crippen LogP contribution in [0.25, 0.3) is 0 Å². The van der Waals surface area contributed by atoms with Crippen molar-refractivity contribution in [1.29, 1.82) is 0 Å². The number of benzene rings is 1. The van der Waals surface area contributed by atoms with E-state index in [0.29, 0.717) is 5.69 Å². The predicted molar refractivity (Wildman–Crippen MR) is 75.8 cm³/mol. The van der Waals surface area contributed by atoms with Crippen LogP contribution in [0.1, 0.15) is 24.2 Å². The summed E-state index contributed by atoms with van der Waals surface area (Å²) in [6.07, 6.45) is 0. The molecule has 0 spiro atoms. The summed E-state index contributed by atoms with van der Waals surface area (Å²) < 4.78 is 5.78. The summed E-state index contributed by atoms with van der Waals surface area (Å²) in [6.45, 7) is 3.27. The molecule has 1 amide bonds. The van der Waals surface area contributed by atoms with Gasteiger partial charge in [0, 0.05) is 16.4 Å². The van der Waals surface area contributed by atoms with Crippen LogP contribution in [-0.2, 0) is 9.53 Å². The van der Waals surface area contributed by atoms with Crippen molar-refractivity contribution in [2.24, 2.45) is 0 Å². The minimum atomic E-state index is -1.03. The van der Waals surface area contributed by atoms with Gasteiger partial charge in [0.25, 0.3) is 5.91 Å². The third kappa shape index (κ3) is 3.67. The van der Waals surface area contributed by atoms with E-state index in [1.807, 2.05) is 22.6 Å². The fourth-order valence-electron chi connectivity index (χ4n) is 1.16. The molecule has 0 heterocycles. The molecule has 1 aromatic rings. The molecule has 0 unspecified atom stereocenters. The molecule has 18 heavy (non-hydrogen) atoms. The molecule has 0 bridgehead atoms. The summed E-state index contributed by atoms with van der Waals surface area (Å²) in [5.74, 6) is -1.36. The van der Waals surface area contributed by atoms with Gasteiger partial charge in [-0.1, -0.05) is 0 Å². The zero-order chi connectivity index (χ0) is 13.9. The topological polar surface area (TPSA) is 75.6 Å². The Kier molecular flexibility index (Phi) is 4.69. The molecule has 2 N–H and O–H groups in total. The van der Waals surface area contributed by atoms with Crippen LogP contribution in [0.15, 0.2) is 18.2 Å². The van der Waals surface area contributed by atoms with Crippen LogP contribution in [0.5, 0.6) is 0 Å². The quantitative estimate of drug-likeness (QED) is 0.806. The van der Waals surface area contributed by atoms with Crippen LogP contribution in [0.3, 0.4) is 0 Å². The molecule has 0 saturated heterocycles. The lowest BCUT2D eigenvalue weighted by Crippen LogP contribution is -2.38. The molecule has 0 aliphatic heterocycles. The molecule has 0 aliphatic carbocycles. The summed E-state index contributed by atoms with van der Waals surface area (Å²) in [4.78, 5) is 22.8. The van der Waals surface area contributed by atoms with Gasteiger partial charge in [0.05, 0.1) is 5.56 Å². The van der Waals surface area contributed by atoms with Crippen molar-refractivity contribution in [3.05, 3.63) is 27.3 Å². The van der Waals surface area contributed by atoms with Crippen molar-refractivity contribution in [2.75, 3.05) is 12.4 Å². The van der Waals surface area contributed by atoms with E-state index in [9.17, 15) is 9.59 Å². The number of anilines is 1. The van der Waals surface area contributed by atoms with E-state index < -0.39 is 11.6 Å². The maximum Gasteiger partial charge on any atom is 0.335 e. The molecule has 1 rings (SSSR count). The van der Waals surface area contributed by atoms with E-state index in [1.54, 1.807) is 19.9 Å². The average molecular weight is 363 g/mol. The van der Waals surface area contributed by atoms with Crippen LogP contribution in [0.2, 0.25) is 0 Å². The number of halogens is 1. The van der Waals surface area contributed by atoms with Gasteiger partial charge in [-0.05, 0) is 54.6 Å². The normalized spacial score (nSPS) is 11.1. The second kappa shape index (κ2) is 5.66. The fraction of sp³-hybridized carbons (Fsp3) is 0.333. The van der Waals surface area contributed by atoms with E-state index >= 15 is 0 Å². The van der Waals surface area contributed by atoms with Gasteiger partial charge in [-0.3, -0.25) is 4.79 Å². The number of methoxy groups -OCH3 is 1. The first-order valence-corrected chi connectivity index (χ1v) is 6.24. The average Bonchev–Trinajstić information content (AvgIpc) is 2.28. The maximum absolute atomic E-state index is 11.9. The molecule has 0 aliphatic rings. The first-order valence-electron chi connectivity index (χ1n) is 5.17. The standard InChI is InChI=1S/C12H14INO4/c1-12(2,18-3)11(17)14-9-5-7(10(15)16)4-8(13)6-9/h4-6H,1-3H3,(H,14,17)(H,15,16). The molecule has 0 fully saturated rings. The van der Waals surface area contributed by atoms with Crippen molar-refractivity contribution in [2.45, 2.75) is 19.4 Å². The number of nitrogens with one attached hydrogen (secondary N) is 1. The highest BCUT2D eigenvalue weighted by molar-refractivity contribution is 14.1. The predicted octanol–water partition coefficient (Wildman–Crippen LogP) is 2.35. The van der Waals surface area contributed by atoms with Gasteiger partial charge in [-0.2, -0.15) is 0 Å². The molecule has 0 atom stereocenters. The molecule has 1 aromatic carbocycles. The van der Waals surface area contributed by atoms with Crippen molar-refractivity contribution in [3.63, 3.8) is 0 Å². The Morgan fingerprint density at radius 2 is 1.94 bits per heavy atom. The van der Waals surface area contributed by atoms with E-state index in [0.717, 1.165) is 3.57 Å². The fourth-order valence-corrected chi connectivity index (χ4v) is 1.83. The number of aromatic carboxylic acids is 1. The zero-order valence-corrected chi connectivity index (χ0v) is 12.4. The van der Waals surface area contributed by atoms with Crippen molar-refractivity contribution in [1.82, 2.24) is 0 Å². The molecule has 0 aromatic heterocycles. The van der Waals surface area contributed by atoms with Gasteiger partial charge in [-0.15, -0.1) is 0 Å². The van der Waals surface area contributed by atoms with E-state index in [2.05, 4.69) is 5.32 Å². The van der Waals surface area contributed by atoms with Gasteiger partial charge in [0.15, 0.2) is 0 Å². The number of carbonyl (C=O) groups excluding carboxylic acids is 1. The molecular formula is C12H14INO4. The molecule has 0 saturated carbocycles. The van der Waals surface area contributed by atoms with Gasteiger partial charge < -0.3 is 15.2 Å². The highest BCUT2D eigenvalue weighted by Gasteiger charge is 2.27. The Bertz CT molecular complexity index is 485. The lowest BCUT2D eigenvalue weighted by atomic mass is 10.1. The van der Waals surface area contributed by atoms with Crippen LogP contribution in [0.4, 0.5) is 5.69 Å². The van der Waals surface area contributed by atoms with Crippen LogP contribution in [-0.4, -0.2) is 29.7 Å². The van der Waals surface area contributed by atoms with E-state index in [1.165, 1.54) is 19.2 Å². The third-order valence-corrected chi connectivity index (χ3v) is 3.08. The number of carboxylic acids is 1. The first-order chi connectivity index (χ1) is 8.26. The summed E-state index contributed by atoms with van der Waals surface area (Å²) in [7, 11) is 1.44. The van der Waals surface area contributed by atoms with Gasteiger partial charge in [-0.25, -0.2) is 4.79 Å². The highest BCUT2D eigenvalue weighted by atomic mass is 127. The third-order valence-electron chi connectivity index (χ3n) is 2.46. The number of hydrogen-bond donors (Lipinski definition) is 2. The lowest BCUT2D eigenvalue weighted by molar-refractivity contribution is -0.133. The number of carbonyl (C=O) groups is 2. The van der Waals surface area contributed by atoms with Crippen molar-refractivity contribution >= 4 is 40.2 Å². The zero-order valence-electron chi connectivity index (χ0n) is 10.3. The SMILES string of the molecule is COC(C)(C)C(=O)Nc1cc(I)cc(C(=O)O)c1. The van der Waals surface area contributed by atoms with Crippen molar-refractivity contribution in [3.8, 4) is 0 Å². The van der Waals surface area contributed by atoms with Crippen LogP contribution in [0, 0.1) is 3.57 Å². The Balaban J connectivity index is 2.98. The number of hydrogen-bond acceptors (Lipinski definition) is 3. The Morgan fingerprint density at radius 1 is 1.33 bits per heavy atom. The minimum Gasteiger partial charge on any atom is -0.478 e. The summed E-state index contributed by atoms with van der Waals surface area (Å²) >= 11 is 2.00. The van der Waals surface area contributed by atoms with Crippen LogP contribution >= 0.6 is 22.6 Å². The molecule has 5 nitrogen and oxygen atoms in total. The minimum absolute atomic E-state index is 0.132. The van der Waals surface area contributed by atoms with Gasteiger partial charge in [0.2, 0.25) is 0 Å². The Morgan fingerprint density at radius 3 is 2.44 bits per heavy atom. The van der Waals surface area contributed by atoms with E-state index in [-0.39, 0.29) is 11.5 Å². The molecule has 6 heteroatoms. The van der Waals surface area contributed by atoms with Gasteiger partial charge in [0.1, 0.15) is 5.60 Å². The summed E-state index contributed by atoms with van der Waals surface area (Å²) in [5.41, 5.74) is -0.396. The Labute approximate surface area is 119 Å². The monoisotopic (exact) mass is 363 g/mol. The molecule has 98 valence electrons. The smallest absolute Gasteiger partial charge is 0.335 e. The maximum atomic E-state index is 11.9. The molecular weight excluding hydrogens is 349 g/mol. The largest absolute Gasteiger partial charge is 0.478 e. The first kappa shape index (κ1) is 14.9. The summed E-state index contributed by atoms with van der Waals surface area (Å²) in [6, 6.07) is 4.63. The Hall–Kier alpha value is -1.15. The number of ether oxygens (including phenoxy) is 1. The van der Waals surface area contributed by atoms with E-state index in [4.69, 9.17) is 9.84 Å². The lowest BCUT2D eigenvalue weighted by Gasteiger charge is -2.21. The highest BCUT2D eigenvalue weighted by Crippen LogP contribution is 2.19. The second-order valence-corrected chi connectivity index (χ2v) is 5.45. The molecule has 0 radical (unpaired) electrons. The number of rotatable bonds is 4. The van der Waals surface area contributed by atoms with Crippen molar-refractivity contribution < 1.29 is 19.4 Å². The van der Waals surface area contributed by atoms with Crippen LogP contribution < -0.4 is 5.32 Å². The van der Waals surface area contributed by atoms with Gasteiger partial charge >= 0.3 is 5.97 Å². The number of carboxylic acid groups (broad SMARTS) is 1. The second-order valence-electron chi connectivity index (χ2n) is 4.20. The summed E-state index contributed by atoms with van der Waals surface area (Å²) in [5, 5.41) is 11.6.